The second-order valence-electron chi connectivity index (χ2n) is 5.87. The lowest BCUT2D eigenvalue weighted by Crippen LogP contribution is -2.23. The van der Waals surface area contributed by atoms with Crippen LogP contribution in [-0.2, 0) is 23.2 Å². The van der Waals surface area contributed by atoms with Gasteiger partial charge in [-0.2, -0.15) is 0 Å². The molecule has 104 valence electrons. The van der Waals surface area contributed by atoms with E-state index >= 15 is 0 Å². The van der Waals surface area contributed by atoms with E-state index in [1.165, 1.54) is 22.2 Å². The van der Waals surface area contributed by atoms with E-state index < -0.39 is 0 Å². The molecule has 0 bridgehead atoms. The van der Waals surface area contributed by atoms with E-state index in [0.717, 1.165) is 25.8 Å². The zero-order valence-electron chi connectivity index (χ0n) is 12.1. The number of nitrogens with zero attached hydrogens (tertiary/aromatic N) is 2. The van der Waals surface area contributed by atoms with Gasteiger partial charge < -0.3 is 4.57 Å². The van der Waals surface area contributed by atoms with Gasteiger partial charge in [-0.3, -0.25) is 0 Å². The van der Waals surface area contributed by atoms with Gasteiger partial charge in [0, 0.05) is 28.6 Å². The van der Waals surface area contributed by atoms with E-state index in [1.807, 2.05) is 0 Å². The number of hydrogen-bond donors (Lipinski definition) is 0. The number of carbonyl (C=O) groups excluding carboxylic acids is 1. The zero-order chi connectivity index (χ0) is 14.2. The highest BCUT2D eigenvalue weighted by Gasteiger charge is 2.38. The lowest BCUT2D eigenvalue weighted by atomic mass is 9.84. The third kappa shape index (κ3) is 1.82. The highest BCUT2D eigenvalue weighted by atomic mass is 16.1. The zero-order valence-corrected chi connectivity index (χ0v) is 12.1. The molecule has 1 aliphatic carbocycles. The largest absolute Gasteiger partial charge is 0.344 e. The molecule has 1 atom stereocenters. The fourth-order valence-electron chi connectivity index (χ4n) is 3.76. The summed E-state index contributed by atoms with van der Waals surface area (Å²) in [6.07, 6.45) is 4.86. The Hall–Kier alpha value is -1.86. The first-order chi connectivity index (χ1) is 9.71. The molecule has 3 rings (SSSR count). The second kappa shape index (κ2) is 4.92. The summed E-state index contributed by atoms with van der Waals surface area (Å²) in [5.74, 6) is 0. The number of fused-ring (bicyclic) bond motifs is 3. The lowest BCUT2D eigenvalue weighted by molar-refractivity contribution is 0.413. The van der Waals surface area contributed by atoms with Crippen molar-refractivity contribution in [1.29, 1.82) is 0 Å². The van der Waals surface area contributed by atoms with E-state index in [9.17, 15) is 4.79 Å². The highest BCUT2D eigenvalue weighted by Crippen LogP contribution is 2.45. The Morgan fingerprint density at radius 2 is 2.20 bits per heavy atom. The first kappa shape index (κ1) is 13.1. The van der Waals surface area contributed by atoms with E-state index in [-0.39, 0.29) is 5.41 Å². The molecule has 0 amide bonds. The molecular formula is C17H20N2O. The van der Waals surface area contributed by atoms with E-state index in [1.54, 1.807) is 6.08 Å². The Morgan fingerprint density at radius 3 is 2.95 bits per heavy atom. The summed E-state index contributed by atoms with van der Waals surface area (Å²) in [6.45, 7) is 6.08. The number of para-hydroxylation sites is 1. The van der Waals surface area contributed by atoms with Crippen LogP contribution in [0.4, 0.5) is 0 Å². The molecule has 3 heteroatoms. The number of aryl methyl sites for hydroxylation is 2. The molecule has 0 radical (unpaired) electrons. The Bertz CT molecular complexity index is 679. The smallest absolute Gasteiger partial charge is 0.234 e. The molecule has 0 N–H and O–H groups in total. The van der Waals surface area contributed by atoms with Crippen molar-refractivity contribution in [3.8, 4) is 0 Å². The Kier molecular flexibility index (Phi) is 3.23. The van der Waals surface area contributed by atoms with Crippen molar-refractivity contribution in [3.63, 3.8) is 0 Å². The minimum absolute atomic E-state index is 0.130. The van der Waals surface area contributed by atoms with Crippen LogP contribution in [0.15, 0.2) is 29.3 Å². The van der Waals surface area contributed by atoms with Crippen LogP contribution in [0.1, 0.15) is 37.9 Å². The molecule has 1 heterocycles. The molecule has 0 fully saturated rings. The summed E-state index contributed by atoms with van der Waals surface area (Å²) in [4.78, 5) is 14.0. The predicted molar refractivity (Wildman–Crippen MR) is 80.9 cm³/mol. The first-order valence-corrected chi connectivity index (χ1v) is 7.35. The summed E-state index contributed by atoms with van der Waals surface area (Å²) in [6, 6.07) is 8.67. The van der Waals surface area contributed by atoms with Gasteiger partial charge in [-0.1, -0.05) is 25.1 Å². The average molecular weight is 268 g/mol. The van der Waals surface area contributed by atoms with Gasteiger partial charge in [0.15, 0.2) is 0 Å². The molecule has 1 aromatic carbocycles. The van der Waals surface area contributed by atoms with Crippen molar-refractivity contribution in [3.05, 3.63) is 35.5 Å². The number of aliphatic imine (C=N–C) groups is 1. The molecule has 0 aliphatic heterocycles. The standard InChI is InChI=1S/C17H20N2O/c1-3-19-15-7-5-4-6-13(15)14-8-9-17(2,16(14)19)10-11-18-12-20/h4-7H,3,8-11H2,1-2H3. The molecule has 2 aromatic rings. The van der Waals surface area contributed by atoms with Gasteiger partial charge in [0.05, 0.1) is 6.54 Å². The highest BCUT2D eigenvalue weighted by molar-refractivity contribution is 5.86. The molecule has 0 saturated heterocycles. The third-order valence-corrected chi connectivity index (χ3v) is 4.73. The number of hydrogen-bond acceptors (Lipinski definition) is 2. The van der Waals surface area contributed by atoms with Gasteiger partial charge in [-0.25, -0.2) is 9.79 Å². The fraction of sp³-hybridized carbons (Fsp3) is 0.471. The van der Waals surface area contributed by atoms with Crippen LogP contribution in [0, 0.1) is 0 Å². The molecule has 3 nitrogen and oxygen atoms in total. The number of benzene rings is 1. The summed E-state index contributed by atoms with van der Waals surface area (Å²) in [7, 11) is 0. The van der Waals surface area contributed by atoms with Crippen LogP contribution in [0.3, 0.4) is 0 Å². The Labute approximate surface area is 119 Å². The minimum atomic E-state index is 0.130. The molecule has 1 aromatic heterocycles. The molecule has 0 saturated carbocycles. The number of rotatable bonds is 4. The van der Waals surface area contributed by atoms with E-state index in [2.05, 4.69) is 47.7 Å². The summed E-state index contributed by atoms with van der Waals surface area (Å²) >= 11 is 0. The van der Waals surface area contributed by atoms with Crippen LogP contribution in [0.2, 0.25) is 0 Å². The predicted octanol–water partition coefficient (Wildman–Crippen LogP) is 3.59. The van der Waals surface area contributed by atoms with Gasteiger partial charge in [-0.15, -0.1) is 0 Å². The van der Waals surface area contributed by atoms with E-state index in [0.29, 0.717) is 6.54 Å². The average Bonchev–Trinajstić information content (AvgIpc) is 2.96. The van der Waals surface area contributed by atoms with Crippen molar-refractivity contribution in [2.75, 3.05) is 6.54 Å². The van der Waals surface area contributed by atoms with Crippen molar-refractivity contribution < 1.29 is 4.79 Å². The molecular weight excluding hydrogens is 248 g/mol. The maximum absolute atomic E-state index is 10.3. The maximum Gasteiger partial charge on any atom is 0.234 e. The minimum Gasteiger partial charge on any atom is -0.344 e. The Balaban J connectivity index is 2.14. The molecule has 1 unspecified atom stereocenters. The van der Waals surface area contributed by atoms with Crippen LogP contribution in [0.25, 0.3) is 10.9 Å². The summed E-state index contributed by atoms with van der Waals surface area (Å²) in [5.41, 5.74) is 4.43. The van der Waals surface area contributed by atoms with Crippen LogP contribution < -0.4 is 0 Å². The monoisotopic (exact) mass is 268 g/mol. The summed E-state index contributed by atoms with van der Waals surface area (Å²) in [5, 5.41) is 1.40. The molecule has 1 aliphatic rings. The topological polar surface area (TPSA) is 34.4 Å². The van der Waals surface area contributed by atoms with E-state index in [4.69, 9.17) is 0 Å². The van der Waals surface area contributed by atoms with Crippen LogP contribution in [-0.4, -0.2) is 17.2 Å². The van der Waals surface area contributed by atoms with Gasteiger partial charge in [0.1, 0.15) is 0 Å². The van der Waals surface area contributed by atoms with Gasteiger partial charge in [-0.05, 0) is 37.8 Å². The Morgan fingerprint density at radius 1 is 1.40 bits per heavy atom. The lowest BCUT2D eigenvalue weighted by Gasteiger charge is -2.26. The SMILES string of the molecule is CCn1c2c(c3ccccc31)CCC2(C)CCN=C=O. The van der Waals surface area contributed by atoms with Crippen molar-refractivity contribution >= 4 is 17.0 Å². The molecule has 0 spiro atoms. The van der Waals surface area contributed by atoms with Crippen molar-refractivity contribution in [2.45, 2.75) is 45.1 Å². The van der Waals surface area contributed by atoms with Crippen LogP contribution >= 0.6 is 0 Å². The van der Waals surface area contributed by atoms with Crippen molar-refractivity contribution in [2.24, 2.45) is 4.99 Å². The summed E-state index contributed by atoms with van der Waals surface area (Å²) < 4.78 is 2.45. The first-order valence-electron chi connectivity index (χ1n) is 7.35. The van der Waals surface area contributed by atoms with Gasteiger partial charge >= 0.3 is 0 Å². The van der Waals surface area contributed by atoms with Crippen LogP contribution in [0.5, 0.6) is 0 Å². The van der Waals surface area contributed by atoms with Crippen molar-refractivity contribution in [1.82, 2.24) is 4.57 Å². The number of aromatic nitrogens is 1. The van der Waals surface area contributed by atoms with Gasteiger partial charge in [0.25, 0.3) is 0 Å². The normalized spacial score (nSPS) is 20.9. The molecule has 20 heavy (non-hydrogen) atoms. The number of isocyanates is 1. The quantitative estimate of drug-likeness (QED) is 0.616. The fourth-order valence-corrected chi connectivity index (χ4v) is 3.76. The second-order valence-corrected chi connectivity index (χ2v) is 5.87. The van der Waals surface area contributed by atoms with Gasteiger partial charge in [0.2, 0.25) is 6.08 Å². The third-order valence-electron chi connectivity index (χ3n) is 4.73. The maximum atomic E-state index is 10.3.